The van der Waals surface area contributed by atoms with Gasteiger partial charge in [0.15, 0.2) is 0 Å². The van der Waals surface area contributed by atoms with Crippen LogP contribution in [0.25, 0.3) is 22.9 Å². The summed E-state index contributed by atoms with van der Waals surface area (Å²) in [6, 6.07) is 21.4. The highest BCUT2D eigenvalue weighted by molar-refractivity contribution is 5.98. The number of hydrogen-bond acceptors (Lipinski definition) is 9. The van der Waals surface area contributed by atoms with Crippen LogP contribution in [0.2, 0.25) is 0 Å². The van der Waals surface area contributed by atoms with Crippen LogP contribution in [0.3, 0.4) is 0 Å². The molecule has 0 saturated carbocycles. The monoisotopic (exact) mass is 672 g/mol. The van der Waals surface area contributed by atoms with Crippen molar-refractivity contribution in [3.8, 4) is 22.9 Å². The summed E-state index contributed by atoms with van der Waals surface area (Å²) in [6.45, 7) is 1.09. The van der Waals surface area contributed by atoms with Gasteiger partial charge in [0.1, 0.15) is 6.04 Å². The Balaban J connectivity index is 1.03. The first kappa shape index (κ1) is 34.1. The van der Waals surface area contributed by atoms with Crippen LogP contribution in [0.1, 0.15) is 43.2 Å². The third-order valence-electron chi connectivity index (χ3n) is 8.81. The first-order chi connectivity index (χ1) is 24.5. The van der Waals surface area contributed by atoms with Crippen molar-refractivity contribution < 1.29 is 18.8 Å². The van der Waals surface area contributed by atoms with Gasteiger partial charge in [0.2, 0.25) is 29.5 Å². The summed E-state index contributed by atoms with van der Waals surface area (Å²) in [7, 11) is 0. The molecule has 256 valence electrons. The van der Waals surface area contributed by atoms with Crippen molar-refractivity contribution in [2.24, 2.45) is 11.7 Å². The van der Waals surface area contributed by atoms with E-state index in [-0.39, 0.29) is 30.1 Å². The highest BCUT2D eigenvalue weighted by Gasteiger charge is 2.34. The van der Waals surface area contributed by atoms with Gasteiger partial charge in [0.05, 0.1) is 6.42 Å². The third kappa shape index (κ3) is 8.83. The average molecular weight is 673 g/mol. The molecule has 5 aromatic rings. The number of benzene rings is 2. The van der Waals surface area contributed by atoms with Crippen molar-refractivity contribution in [3.63, 3.8) is 0 Å². The van der Waals surface area contributed by atoms with Crippen molar-refractivity contribution in [2.45, 2.75) is 51.0 Å². The second-order valence-electron chi connectivity index (χ2n) is 12.4. The second-order valence-corrected chi connectivity index (χ2v) is 12.4. The standard InChI is InChI=1S/C38H40N8O4/c39-19-1-7-28(10-9-26-5-2-20-40-24-26)35(48)42-31-15-11-29(12-16-31)37-44-45-38(50-37)30-13-17-32(18-14-30)43-36(49)33-8-4-22-46(33)34(47)23-27-6-3-21-41-25-27/h2-3,5-6,11-18,20-21,24-25,28,33H,1,4,7-10,19,22-23,39H2,(H,42,48)(H,43,49)/t28-,33+/m1/s1. The first-order valence-electron chi connectivity index (χ1n) is 16.9. The number of hydrogen-bond donors (Lipinski definition) is 3. The molecule has 1 saturated heterocycles. The first-order valence-corrected chi connectivity index (χ1v) is 16.9. The number of aromatic nitrogens is 4. The second kappa shape index (κ2) is 16.6. The molecule has 1 aliphatic rings. The van der Waals surface area contributed by atoms with E-state index in [4.69, 9.17) is 10.2 Å². The van der Waals surface area contributed by atoms with Crippen molar-refractivity contribution in [3.05, 3.63) is 109 Å². The maximum absolute atomic E-state index is 13.2. The topological polar surface area (TPSA) is 169 Å². The SMILES string of the molecule is NCCC[C@H](CCc1cccnc1)C(=O)Nc1ccc(-c2nnc(-c3ccc(NC(=O)[C@@H]4CCCN4C(=O)Cc4cccnc4)cc3)o2)cc1. The Morgan fingerprint density at radius 1 is 0.820 bits per heavy atom. The van der Waals surface area contributed by atoms with E-state index in [1.54, 1.807) is 53.8 Å². The lowest BCUT2D eigenvalue weighted by molar-refractivity contribution is -0.136. The molecule has 0 spiro atoms. The molecule has 50 heavy (non-hydrogen) atoms. The van der Waals surface area contributed by atoms with Crippen LogP contribution in [0.15, 0.2) is 102 Å². The molecule has 2 aromatic carbocycles. The van der Waals surface area contributed by atoms with E-state index >= 15 is 0 Å². The molecular formula is C38H40N8O4. The van der Waals surface area contributed by atoms with Gasteiger partial charge in [-0.05, 0) is 117 Å². The molecule has 0 unspecified atom stereocenters. The van der Waals surface area contributed by atoms with E-state index in [1.165, 1.54) is 0 Å². The van der Waals surface area contributed by atoms with E-state index in [1.807, 2.05) is 48.7 Å². The fourth-order valence-electron chi connectivity index (χ4n) is 6.09. The molecule has 4 N–H and O–H groups in total. The van der Waals surface area contributed by atoms with Gasteiger partial charge in [-0.3, -0.25) is 24.4 Å². The molecule has 0 aliphatic carbocycles. The summed E-state index contributed by atoms with van der Waals surface area (Å²) >= 11 is 0. The maximum atomic E-state index is 13.2. The molecule has 12 heteroatoms. The molecule has 3 aromatic heterocycles. The van der Waals surface area contributed by atoms with Crippen LogP contribution in [-0.2, 0) is 27.2 Å². The number of anilines is 2. The molecule has 3 amide bonds. The van der Waals surface area contributed by atoms with Crippen LogP contribution in [-0.4, -0.2) is 61.9 Å². The lowest BCUT2D eigenvalue weighted by Gasteiger charge is -2.24. The highest BCUT2D eigenvalue weighted by atomic mass is 16.4. The van der Waals surface area contributed by atoms with Gasteiger partial charge in [0.25, 0.3) is 0 Å². The van der Waals surface area contributed by atoms with Gasteiger partial charge in [-0.25, -0.2) is 0 Å². The van der Waals surface area contributed by atoms with E-state index < -0.39 is 6.04 Å². The lowest BCUT2D eigenvalue weighted by Crippen LogP contribution is -2.43. The summed E-state index contributed by atoms with van der Waals surface area (Å²) in [5.41, 5.74) is 10.3. The van der Waals surface area contributed by atoms with Crippen molar-refractivity contribution in [1.82, 2.24) is 25.1 Å². The van der Waals surface area contributed by atoms with Gasteiger partial charge in [-0.2, -0.15) is 0 Å². The predicted molar refractivity (Wildman–Crippen MR) is 189 cm³/mol. The summed E-state index contributed by atoms with van der Waals surface area (Å²) in [5, 5.41) is 14.4. The number of aryl methyl sites for hydroxylation is 1. The molecule has 4 heterocycles. The Morgan fingerprint density at radius 2 is 1.44 bits per heavy atom. The van der Waals surface area contributed by atoms with E-state index in [2.05, 4.69) is 30.8 Å². The minimum Gasteiger partial charge on any atom is -0.416 e. The van der Waals surface area contributed by atoms with Crippen LogP contribution in [0.4, 0.5) is 11.4 Å². The Labute approximate surface area is 290 Å². The van der Waals surface area contributed by atoms with Gasteiger partial charge < -0.3 is 25.7 Å². The highest BCUT2D eigenvalue weighted by Crippen LogP contribution is 2.27. The number of nitrogens with two attached hydrogens (primary N) is 1. The number of amides is 3. The number of carbonyl (C=O) groups excluding carboxylic acids is 3. The van der Waals surface area contributed by atoms with Gasteiger partial charge in [-0.15, -0.1) is 10.2 Å². The molecule has 0 radical (unpaired) electrons. The summed E-state index contributed by atoms with van der Waals surface area (Å²) in [6.07, 6.45) is 11.5. The Bertz CT molecular complexity index is 1860. The van der Waals surface area contributed by atoms with E-state index in [0.717, 1.165) is 30.4 Å². The molecule has 6 rings (SSSR count). The number of nitrogens with zero attached hydrogens (tertiary/aromatic N) is 5. The fourth-order valence-corrected chi connectivity index (χ4v) is 6.09. The molecular weight excluding hydrogens is 632 g/mol. The van der Waals surface area contributed by atoms with Crippen LogP contribution >= 0.6 is 0 Å². The average Bonchev–Trinajstić information content (AvgIpc) is 3.85. The van der Waals surface area contributed by atoms with Crippen molar-refractivity contribution >= 4 is 29.1 Å². The maximum Gasteiger partial charge on any atom is 0.248 e. The van der Waals surface area contributed by atoms with Gasteiger partial charge in [-0.1, -0.05) is 12.1 Å². The minimum atomic E-state index is -0.521. The Morgan fingerprint density at radius 3 is 2.04 bits per heavy atom. The molecule has 1 aliphatic heterocycles. The molecule has 2 atom stereocenters. The number of likely N-dealkylation sites (tertiary alicyclic amines) is 1. The summed E-state index contributed by atoms with van der Waals surface area (Å²) in [5.74, 6) is 0.160. The fraction of sp³-hybridized carbons (Fsp3) is 0.289. The minimum absolute atomic E-state index is 0.0373. The number of nitrogens with one attached hydrogen (secondary N) is 2. The van der Waals surface area contributed by atoms with Crippen LogP contribution in [0, 0.1) is 5.92 Å². The summed E-state index contributed by atoms with van der Waals surface area (Å²) in [4.78, 5) is 49.1. The molecule has 0 bridgehead atoms. The number of carbonyl (C=O) groups is 3. The van der Waals surface area contributed by atoms with Gasteiger partial charge in [0, 0.05) is 59.8 Å². The third-order valence-corrected chi connectivity index (χ3v) is 8.81. The largest absolute Gasteiger partial charge is 0.416 e. The lowest BCUT2D eigenvalue weighted by atomic mass is 9.94. The summed E-state index contributed by atoms with van der Waals surface area (Å²) < 4.78 is 5.96. The Kier molecular flexibility index (Phi) is 11.3. The number of pyridine rings is 2. The normalized spacial score (nSPS) is 14.7. The quantitative estimate of drug-likeness (QED) is 0.142. The van der Waals surface area contributed by atoms with Crippen molar-refractivity contribution in [1.29, 1.82) is 0 Å². The predicted octanol–water partition coefficient (Wildman–Crippen LogP) is 5.29. The zero-order valence-electron chi connectivity index (χ0n) is 27.7. The van der Waals surface area contributed by atoms with Gasteiger partial charge >= 0.3 is 0 Å². The van der Waals surface area contributed by atoms with Crippen LogP contribution in [0.5, 0.6) is 0 Å². The number of rotatable bonds is 14. The van der Waals surface area contributed by atoms with Crippen molar-refractivity contribution in [2.75, 3.05) is 23.7 Å². The molecule has 1 fully saturated rings. The Hall–Kier alpha value is -5.75. The van der Waals surface area contributed by atoms with E-state index in [0.29, 0.717) is 66.6 Å². The molecule has 12 nitrogen and oxygen atoms in total. The smallest absolute Gasteiger partial charge is 0.248 e. The zero-order valence-corrected chi connectivity index (χ0v) is 27.7. The van der Waals surface area contributed by atoms with E-state index in [9.17, 15) is 14.4 Å². The van der Waals surface area contributed by atoms with Crippen LogP contribution < -0.4 is 16.4 Å². The zero-order chi connectivity index (χ0) is 34.7.